The third-order valence-corrected chi connectivity index (χ3v) is 5.09. The molecule has 2 aromatic rings. The fraction of sp³-hybridized carbons (Fsp3) is 0.400. The van der Waals surface area contributed by atoms with Gasteiger partial charge >= 0.3 is 0 Å². The van der Waals surface area contributed by atoms with E-state index in [9.17, 15) is 5.11 Å². The van der Waals surface area contributed by atoms with Crippen LogP contribution in [0.4, 0.5) is 0 Å². The van der Waals surface area contributed by atoms with E-state index in [-0.39, 0.29) is 19.1 Å². The molecule has 1 N–H and O–H groups in total. The SMILES string of the molecule is Cc1ccc(C2OCC3(CO)CO[C@@H](c4ccc(C)cc4)N23)cc1. The summed E-state index contributed by atoms with van der Waals surface area (Å²) in [5, 5.41) is 10.0. The lowest BCUT2D eigenvalue weighted by Crippen LogP contribution is -2.47. The van der Waals surface area contributed by atoms with E-state index in [1.165, 1.54) is 11.1 Å². The minimum Gasteiger partial charge on any atom is -0.394 e. The van der Waals surface area contributed by atoms with Gasteiger partial charge in [0.25, 0.3) is 0 Å². The van der Waals surface area contributed by atoms with Crippen LogP contribution in [0.15, 0.2) is 48.5 Å². The molecule has 3 atom stereocenters. The molecule has 2 saturated heterocycles. The monoisotopic (exact) mass is 325 g/mol. The van der Waals surface area contributed by atoms with Gasteiger partial charge in [-0.05, 0) is 25.0 Å². The molecule has 0 saturated carbocycles. The summed E-state index contributed by atoms with van der Waals surface area (Å²) < 4.78 is 12.2. The van der Waals surface area contributed by atoms with Gasteiger partial charge in [0, 0.05) is 0 Å². The van der Waals surface area contributed by atoms with Crippen molar-refractivity contribution in [3.8, 4) is 0 Å². The Morgan fingerprint density at radius 3 is 1.67 bits per heavy atom. The Kier molecular flexibility index (Phi) is 3.93. The molecule has 2 heterocycles. The van der Waals surface area contributed by atoms with Crippen LogP contribution in [-0.4, -0.2) is 35.4 Å². The number of ether oxygens (including phenoxy) is 2. The summed E-state index contributed by atoms with van der Waals surface area (Å²) in [4.78, 5) is 2.20. The standard InChI is InChI=1S/C20H23NO3/c1-14-3-7-16(8-4-14)18-21-19(17-9-5-15(2)6-10-17)24-13-20(21,11-22)12-23-18/h3-10,18-19,22H,11-13H2,1-2H3/t18-,19?,20?/m0/s1. The molecule has 4 rings (SSSR count). The van der Waals surface area contributed by atoms with Crippen molar-refractivity contribution in [1.29, 1.82) is 0 Å². The number of nitrogens with zero attached hydrogens (tertiary/aromatic N) is 1. The van der Waals surface area contributed by atoms with Crippen molar-refractivity contribution in [1.82, 2.24) is 4.90 Å². The van der Waals surface area contributed by atoms with Crippen LogP contribution >= 0.6 is 0 Å². The average molecular weight is 325 g/mol. The molecule has 2 aliphatic heterocycles. The molecule has 0 bridgehead atoms. The molecule has 0 amide bonds. The number of aliphatic hydroxyl groups is 1. The third-order valence-electron chi connectivity index (χ3n) is 5.09. The van der Waals surface area contributed by atoms with Crippen LogP contribution in [0.2, 0.25) is 0 Å². The Hall–Kier alpha value is -1.72. The van der Waals surface area contributed by atoms with Crippen LogP contribution in [0, 0.1) is 13.8 Å². The smallest absolute Gasteiger partial charge is 0.139 e. The zero-order chi connectivity index (χ0) is 16.7. The van der Waals surface area contributed by atoms with E-state index >= 15 is 0 Å². The van der Waals surface area contributed by atoms with Crippen LogP contribution < -0.4 is 0 Å². The average Bonchev–Trinajstić information content (AvgIpc) is 3.14. The molecule has 24 heavy (non-hydrogen) atoms. The summed E-state index contributed by atoms with van der Waals surface area (Å²) in [6.45, 7) is 5.13. The highest BCUT2D eigenvalue weighted by molar-refractivity contribution is 5.28. The Morgan fingerprint density at radius 1 is 0.875 bits per heavy atom. The Labute approximate surface area is 142 Å². The Bertz CT molecular complexity index is 653. The van der Waals surface area contributed by atoms with Gasteiger partial charge in [0.2, 0.25) is 0 Å². The summed E-state index contributed by atoms with van der Waals surface area (Å²) >= 11 is 0. The number of benzene rings is 2. The first-order chi connectivity index (χ1) is 11.6. The maximum absolute atomic E-state index is 10.0. The third kappa shape index (κ3) is 2.47. The Morgan fingerprint density at radius 2 is 1.29 bits per heavy atom. The minimum atomic E-state index is -0.467. The zero-order valence-corrected chi connectivity index (χ0v) is 14.1. The Balaban J connectivity index is 1.72. The van der Waals surface area contributed by atoms with Gasteiger partial charge in [0.05, 0.1) is 25.4 Å². The molecule has 4 nitrogen and oxygen atoms in total. The molecule has 2 aliphatic rings. The van der Waals surface area contributed by atoms with Crippen LogP contribution in [0.3, 0.4) is 0 Å². The van der Waals surface area contributed by atoms with E-state index in [1.54, 1.807) is 0 Å². The van der Waals surface area contributed by atoms with E-state index < -0.39 is 5.54 Å². The molecule has 0 aliphatic carbocycles. The lowest BCUT2D eigenvalue weighted by Gasteiger charge is -2.33. The zero-order valence-electron chi connectivity index (χ0n) is 14.1. The van der Waals surface area contributed by atoms with Crippen LogP contribution in [0.5, 0.6) is 0 Å². The minimum absolute atomic E-state index is 0.0255. The molecule has 126 valence electrons. The van der Waals surface area contributed by atoms with Crippen LogP contribution in [0.1, 0.15) is 34.7 Å². The van der Waals surface area contributed by atoms with Crippen molar-refractivity contribution in [3.63, 3.8) is 0 Å². The molecule has 2 aromatic carbocycles. The summed E-state index contributed by atoms with van der Waals surface area (Å²) in [7, 11) is 0. The highest BCUT2D eigenvalue weighted by atomic mass is 16.6. The molecule has 2 unspecified atom stereocenters. The van der Waals surface area contributed by atoms with Gasteiger partial charge in [-0.3, -0.25) is 0 Å². The van der Waals surface area contributed by atoms with Gasteiger partial charge in [-0.15, -0.1) is 0 Å². The maximum Gasteiger partial charge on any atom is 0.139 e. The highest BCUT2D eigenvalue weighted by Gasteiger charge is 2.56. The van der Waals surface area contributed by atoms with Crippen molar-refractivity contribution in [2.45, 2.75) is 31.8 Å². The molecular formula is C20H23NO3. The van der Waals surface area contributed by atoms with Crippen molar-refractivity contribution in [3.05, 3.63) is 70.8 Å². The quantitative estimate of drug-likeness (QED) is 0.942. The summed E-state index contributed by atoms with van der Waals surface area (Å²) in [6, 6.07) is 16.8. The molecular weight excluding hydrogens is 302 g/mol. The second-order valence-corrected chi connectivity index (χ2v) is 6.94. The molecule has 0 aromatic heterocycles. The van der Waals surface area contributed by atoms with Crippen molar-refractivity contribution in [2.75, 3.05) is 19.8 Å². The van der Waals surface area contributed by atoms with Gasteiger partial charge < -0.3 is 14.6 Å². The van der Waals surface area contributed by atoms with E-state index in [0.717, 1.165) is 11.1 Å². The highest BCUT2D eigenvalue weighted by Crippen LogP contribution is 2.48. The van der Waals surface area contributed by atoms with Crippen LogP contribution in [-0.2, 0) is 9.47 Å². The number of rotatable bonds is 3. The topological polar surface area (TPSA) is 41.9 Å². The van der Waals surface area contributed by atoms with E-state index in [2.05, 4.69) is 67.3 Å². The number of hydrogen-bond donors (Lipinski definition) is 1. The van der Waals surface area contributed by atoms with Gasteiger partial charge in [-0.1, -0.05) is 59.7 Å². The number of hydrogen-bond acceptors (Lipinski definition) is 4. The normalized spacial score (nSPS) is 29.8. The number of aliphatic hydroxyl groups excluding tert-OH is 1. The van der Waals surface area contributed by atoms with Gasteiger partial charge in [0.1, 0.15) is 12.5 Å². The number of fused-ring (bicyclic) bond motifs is 1. The molecule has 4 heteroatoms. The van der Waals surface area contributed by atoms with E-state index in [0.29, 0.717) is 13.2 Å². The fourth-order valence-corrected chi connectivity index (χ4v) is 3.59. The summed E-state index contributed by atoms with van der Waals surface area (Å²) in [5.41, 5.74) is 4.17. The van der Waals surface area contributed by atoms with E-state index in [4.69, 9.17) is 9.47 Å². The van der Waals surface area contributed by atoms with Crippen LogP contribution in [0.25, 0.3) is 0 Å². The maximum atomic E-state index is 10.0. The second kappa shape index (κ2) is 5.97. The molecule has 0 radical (unpaired) electrons. The predicted molar refractivity (Wildman–Crippen MR) is 91.4 cm³/mol. The van der Waals surface area contributed by atoms with Crippen molar-refractivity contribution in [2.24, 2.45) is 0 Å². The summed E-state index contributed by atoms with van der Waals surface area (Å²) in [5.74, 6) is 0. The largest absolute Gasteiger partial charge is 0.394 e. The molecule has 0 spiro atoms. The first-order valence-electron chi connectivity index (χ1n) is 8.39. The summed E-state index contributed by atoms with van der Waals surface area (Å²) in [6.07, 6.45) is -0.405. The van der Waals surface area contributed by atoms with Gasteiger partial charge in [-0.25, -0.2) is 4.90 Å². The second-order valence-electron chi connectivity index (χ2n) is 6.94. The lowest BCUT2D eigenvalue weighted by atomic mass is 10.0. The fourth-order valence-electron chi connectivity index (χ4n) is 3.59. The van der Waals surface area contributed by atoms with Gasteiger partial charge in [-0.2, -0.15) is 0 Å². The predicted octanol–water partition coefficient (Wildman–Crippen LogP) is 3.09. The van der Waals surface area contributed by atoms with E-state index in [1.807, 2.05) is 0 Å². The van der Waals surface area contributed by atoms with Crippen molar-refractivity contribution < 1.29 is 14.6 Å². The lowest BCUT2D eigenvalue weighted by molar-refractivity contribution is -0.0630. The van der Waals surface area contributed by atoms with Crippen molar-refractivity contribution >= 4 is 0 Å². The number of aryl methyl sites for hydroxylation is 2. The van der Waals surface area contributed by atoms with Gasteiger partial charge in [0.15, 0.2) is 0 Å². The first-order valence-corrected chi connectivity index (χ1v) is 8.39. The first kappa shape index (κ1) is 15.8. The molecule has 2 fully saturated rings.